The molecule has 0 saturated carbocycles. The van der Waals surface area contributed by atoms with Crippen LogP contribution in [0, 0.1) is 10.1 Å². The van der Waals surface area contributed by atoms with Crippen LogP contribution in [0.15, 0.2) is 41.0 Å². The number of hydrogen-bond donors (Lipinski definition) is 0. The predicted molar refractivity (Wildman–Crippen MR) is 67.5 cm³/mol. The van der Waals surface area contributed by atoms with E-state index in [2.05, 4.69) is 4.74 Å². The van der Waals surface area contributed by atoms with E-state index in [0.717, 1.165) is 0 Å². The number of ether oxygens (including phenoxy) is 2. The zero-order chi connectivity index (χ0) is 14.5. The van der Waals surface area contributed by atoms with Gasteiger partial charge in [0.05, 0.1) is 18.3 Å². The second kappa shape index (κ2) is 5.87. The van der Waals surface area contributed by atoms with Crippen LogP contribution in [0.4, 0.5) is 5.69 Å². The lowest BCUT2D eigenvalue weighted by Gasteiger charge is -2.05. The third-order valence-electron chi connectivity index (χ3n) is 2.56. The van der Waals surface area contributed by atoms with Crippen LogP contribution in [0.25, 0.3) is 0 Å². The Labute approximate surface area is 113 Å². The number of methoxy groups -OCH3 is 1. The average Bonchev–Trinajstić information content (AvgIpc) is 2.93. The maximum absolute atomic E-state index is 11.4. The molecule has 104 valence electrons. The number of esters is 1. The number of nitro benzene ring substituents is 1. The van der Waals surface area contributed by atoms with E-state index >= 15 is 0 Å². The van der Waals surface area contributed by atoms with Crippen molar-refractivity contribution in [3.63, 3.8) is 0 Å². The molecule has 0 spiro atoms. The first-order valence-electron chi connectivity index (χ1n) is 5.63. The van der Waals surface area contributed by atoms with E-state index in [0.29, 0.717) is 11.3 Å². The fraction of sp³-hybridized carbons (Fsp3) is 0.154. The molecule has 2 rings (SSSR count). The summed E-state index contributed by atoms with van der Waals surface area (Å²) < 4.78 is 15.0. The van der Waals surface area contributed by atoms with Gasteiger partial charge in [0.2, 0.25) is 5.76 Å². The third-order valence-corrected chi connectivity index (χ3v) is 2.56. The highest BCUT2D eigenvalue weighted by Gasteiger charge is 2.16. The molecule has 0 saturated heterocycles. The lowest BCUT2D eigenvalue weighted by Crippen LogP contribution is -2.05. The van der Waals surface area contributed by atoms with Gasteiger partial charge < -0.3 is 13.9 Å². The van der Waals surface area contributed by atoms with Gasteiger partial charge in [-0.25, -0.2) is 4.79 Å². The number of nitrogens with zero attached hydrogens (tertiary/aromatic N) is 1. The second-order valence-electron chi connectivity index (χ2n) is 3.81. The molecule has 0 N–H and O–H groups in total. The van der Waals surface area contributed by atoms with Gasteiger partial charge in [-0.15, -0.1) is 0 Å². The normalized spacial score (nSPS) is 10.1. The van der Waals surface area contributed by atoms with Crippen molar-refractivity contribution < 1.29 is 23.6 Å². The van der Waals surface area contributed by atoms with Crippen LogP contribution in [0.5, 0.6) is 5.75 Å². The molecule has 2 aromatic rings. The Morgan fingerprint density at radius 2 is 2.00 bits per heavy atom. The van der Waals surface area contributed by atoms with Crippen molar-refractivity contribution >= 4 is 11.7 Å². The van der Waals surface area contributed by atoms with Crippen LogP contribution in [0.2, 0.25) is 0 Å². The summed E-state index contributed by atoms with van der Waals surface area (Å²) in [7, 11) is 1.26. The second-order valence-corrected chi connectivity index (χ2v) is 3.81. The molecule has 0 radical (unpaired) electrons. The van der Waals surface area contributed by atoms with Crippen molar-refractivity contribution in [2.45, 2.75) is 6.61 Å². The van der Waals surface area contributed by atoms with Gasteiger partial charge in [0, 0.05) is 17.7 Å². The van der Waals surface area contributed by atoms with Crippen molar-refractivity contribution in [3.8, 4) is 5.75 Å². The lowest BCUT2D eigenvalue weighted by atomic mass is 10.2. The van der Waals surface area contributed by atoms with Crippen LogP contribution in [0.3, 0.4) is 0 Å². The molecule has 0 atom stereocenters. The number of rotatable bonds is 5. The first-order valence-corrected chi connectivity index (χ1v) is 5.63. The quantitative estimate of drug-likeness (QED) is 0.473. The van der Waals surface area contributed by atoms with Gasteiger partial charge in [-0.05, 0) is 18.2 Å². The Morgan fingerprint density at radius 3 is 2.60 bits per heavy atom. The predicted octanol–water partition coefficient (Wildman–Crippen LogP) is 2.55. The Balaban J connectivity index is 2.04. The van der Waals surface area contributed by atoms with E-state index < -0.39 is 10.9 Å². The van der Waals surface area contributed by atoms with E-state index in [1.54, 1.807) is 6.07 Å². The summed E-state index contributed by atoms with van der Waals surface area (Å²) in [4.78, 5) is 21.4. The number of furan rings is 1. The Bertz CT molecular complexity index is 616. The van der Waals surface area contributed by atoms with Gasteiger partial charge in [0.25, 0.3) is 5.69 Å². The third kappa shape index (κ3) is 2.94. The van der Waals surface area contributed by atoms with Crippen LogP contribution < -0.4 is 4.74 Å². The van der Waals surface area contributed by atoms with Gasteiger partial charge >= 0.3 is 5.97 Å². The number of nitro groups is 1. The van der Waals surface area contributed by atoms with Crippen LogP contribution in [-0.4, -0.2) is 18.0 Å². The van der Waals surface area contributed by atoms with Crippen molar-refractivity contribution in [3.05, 3.63) is 58.0 Å². The highest BCUT2D eigenvalue weighted by Crippen LogP contribution is 2.20. The molecule has 0 aliphatic carbocycles. The Morgan fingerprint density at radius 1 is 1.30 bits per heavy atom. The van der Waals surface area contributed by atoms with Crippen LogP contribution in [-0.2, 0) is 11.3 Å². The number of carbonyl (C=O) groups excluding carboxylic acids is 1. The monoisotopic (exact) mass is 277 g/mol. The standard InChI is InChI=1S/C13H11NO6/c1-18-13(15)12-9(6-7-19-12)8-20-11-4-2-10(3-5-11)14(16)17/h2-7H,8H2,1H3. The summed E-state index contributed by atoms with van der Waals surface area (Å²) >= 11 is 0. The van der Waals surface area contributed by atoms with Gasteiger partial charge in [0.1, 0.15) is 12.4 Å². The molecular formula is C13H11NO6. The minimum absolute atomic E-state index is 0.0177. The number of hydrogen-bond acceptors (Lipinski definition) is 6. The van der Waals surface area contributed by atoms with E-state index in [1.165, 1.54) is 37.6 Å². The highest BCUT2D eigenvalue weighted by atomic mass is 16.6. The number of benzene rings is 1. The topological polar surface area (TPSA) is 91.8 Å². The van der Waals surface area contributed by atoms with Gasteiger partial charge in [-0.3, -0.25) is 10.1 Å². The largest absolute Gasteiger partial charge is 0.489 e. The Hall–Kier alpha value is -2.83. The molecule has 0 aliphatic heterocycles. The van der Waals surface area contributed by atoms with Gasteiger partial charge in [0.15, 0.2) is 0 Å². The maximum Gasteiger partial charge on any atom is 0.374 e. The average molecular weight is 277 g/mol. The molecule has 7 heteroatoms. The van der Waals surface area contributed by atoms with Gasteiger partial charge in [-0.2, -0.15) is 0 Å². The number of carbonyl (C=O) groups is 1. The van der Waals surface area contributed by atoms with Crippen molar-refractivity contribution in [1.29, 1.82) is 0 Å². The fourth-order valence-corrected chi connectivity index (χ4v) is 1.55. The zero-order valence-corrected chi connectivity index (χ0v) is 10.6. The molecular weight excluding hydrogens is 266 g/mol. The molecule has 1 aromatic carbocycles. The molecule has 0 fully saturated rings. The van der Waals surface area contributed by atoms with E-state index in [1.807, 2.05) is 0 Å². The molecule has 20 heavy (non-hydrogen) atoms. The first kappa shape index (κ1) is 13.6. The first-order chi connectivity index (χ1) is 9.61. The fourth-order valence-electron chi connectivity index (χ4n) is 1.55. The summed E-state index contributed by atoms with van der Waals surface area (Å²) in [6.45, 7) is 0.0960. The minimum Gasteiger partial charge on any atom is -0.489 e. The van der Waals surface area contributed by atoms with Crippen LogP contribution in [0.1, 0.15) is 16.1 Å². The van der Waals surface area contributed by atoms with Crippen molar-refractivity contribution in [1.82, 2.24) is 0 Å². The summed E-state index contributed by atoms with van der Waals surface area (Å²) in [5.41, 5.74) is 0.520. The van der Waals surface area contributed by atoms with Crippen molar-refractivity contribution in [2.24, 2.45) is 0 Å². The number of non-ortho nitro benzene ring substituents is 1. The van der Waals surface area contributed by atoms with Crippen LogP contribution >= 0.6 is 0 Å². The molecule has 7 nitrogen and oxygen atoms in total. The molecule has 1 heterocycles. The SMILES string of the molecule is COC(=O)c1occc1COc1ccc([N+](=O)[O-])cc1. The van der Waals surface area contributed by atoms with E-state index in [9.17, 15) is 14.9 Å². The van der Waals surface area contributed by atoms with E-state index in [-0.39, 0.29) is 18.1 Å². The maximum atomic E-state index is 11.4. The molecule has 0 unspecified atom stereocenters. The zero-order valence-electron chi connectivity index (χ0n) is 10.6. The highest BCUT2D eigenvalue weighted by molar-refractivity contribution is 5.87. The summed E-state index contributed by atoms with van der Waals surface area (Å²) in [6, 6.07) is 7.24. The van der Waals surface area contributed by atoms with Gasteiger partial charge in [-0.1, -0.05) is 0 Å². The molecule has 0 aliphatic rings. The summed E-state index contributed by atoms with van der Waals surface area (Å²) in [6.07, 6.45) is 1.36. The van der Waals surface area contributed by atoms with Crippen molar-refractivity contribution in [2.75, 3.05) is 7.11 Å². The van der Waals surface area contributed by atoms with E-state index in [4.69, 9.17) is 9.15 Å². The molecule has 0 amide bonds. The molecule has 0 bridgehead atoms. The summed E-state index contributed by atoms with van der Waals surface area (Å²) in [5.74, 6) is -0.0562. The smallest absolute Gasteiger partial charge is 0.374 e. The Kier molecular flexibility index (Phi) is 3.99. The summed E-state index contributed by atoms with van der Waals surface area (Å²) in [5, 5.41) is 10.5. The lowest BCUT2D eigenvalue weighted by molar-refractivity contribution is -0.384. The molecule has 1 aromatic heterocycles. The minimum atomic E-state index is -0.586.